The van der Waals surface area contributed by atoms with Gasteiger partial charge in [0.2, 0.25) is 5.91 Å². The average molecular weight is 379 g/mol. The highest BCUT2D eigenvalue weighted by Crippen LogP contribution is 2.18. The molecule has 0 unspecified atom stereocenters. The molecule has 2 aromatic rings. The van der Waals surface area contributed by atoms with E-state index in [1.807, 2.05) is 31.2 Å². The van der Waals surface area contributed by atoms with E-state index in [-0.39, 0.29) is 16.7 Å². The van der Waals surface area contributed by atoms with Crippen LogP contribution >= 0.6 is 23.4 Å². The van der Waals surface area contributed by atoms with Gasteiger partial charge in [-0.25, -0.2) is 4.39 Å². The number of hydrazine groups is 1. The van der Waals surface area contributed by atoms with Crippen LogP contribution in [0.15, 0.2) is 53.4 Å². The minimum Gasteiger partial charge on any atom is -0.272 e. The molecule has 0 atom stereocenters. The molecule has 2 amide bonds. The highest BCUT2D eigenvalue weighted by atomic mass is 35.5. The van der Waals surface area contributed by atoms with Gasteiger partial charge in [0.1, 0.15) is 5.82 Å². The van der Waals surface area contributed by atoms with E-state index < -0.39 is 11.7 Å². The Morgan fingerprint density at radius 2 is 1.88 bits per heavy atom. The molecule has 0 saturated carbocycles. The summed E-state index contributed by atoms with van der Waals surface area (Å²) < 4.78 is 13.0. The quantitative estimate of drug-likeness (QED) is 0.473. The van der Waals surface area contributed by atoms with Gasteiger partial charge in [-0.3, -0.25) is 20.4 Å². The summed E-state index contributed by atoms with van der Waals surface area (Å²) in [5.41, 5.74) is 6.32. The van der Waals surface area contributed by atoms with Crippen molar-refractivity contribution >= 4 is 41.3 Å². The van der Waals surface area contributed by atoms with Gasteiger partial charge in [-0.15, -0.1) is 11.8 Å². The van der Waals surface area contributed by atoms with E-state index in [9.17, 15) is 14.0 Å². The third-order valence-corrected chi connectivity index (χ3v) is 4.39. The van der Waals surface area contributed by atoms with Gasteiger partial charge in [-0.2, -0.15) is 0 Å². The summed E-state index contributed by atoms with van der Waals surface area (Å²) in [6, 6.07) is 11.9. The standard InChI is InChI=1S/C18H16ClFN2O2S/c1-12-2-6-14(7-3-12)25-11-18(24)22-21-17(23)9-5-13-4-8-16(20)15(19)10-13/h2-10H,11H2,1H3,(H,21,23)(H,22,24)/b9-5+. The van der Waals surface area contributed by atoms with Gasteiger partial charge in [0.25, 0.3) is 5.91 Å². The molecule has 0 radical (unpaired) electrons. The summed E-state index contributed by atoms with van der Waals surface area (Å²) in [5, 5.41) is -0.0241. The van der Waals surface area contributed by atoms with E-state index in [1.165, 1.54) is 42.1 Å². The molecular weight excluding hydrogens is 363 g/mol. The van der Waals surface area contributed by atoms with Crippen LogP contribution in [0.2, 0.25) is 5.02 Å². The van der Waals surface area contributed by atoms with Crippen LogP contribution in [0.4, 0.5) is 4.39 Å². The first-order valence-corrected chi connectivity index (χ1v) is 8.72. The van der Waals surface area contributed by atoms with Crippen molar-refractivity contribution in [1.82, 2.24) is 10.9 Å². The molecule has 0 saturated heterocycles. The highest BCUT2D eigenvalue weighted by molar-refractivity contribution is 8.00. The Labute approximate surface area is 154 Å². The summed E-state index contributed by atoms with van der Waals surface area (Å²) in [6.45, 7) is 1.99. The second-order valence-corrected chi connectivity index (χ2v) is 6.60. The number of nitrogens with one attached hydrogen (secondary N) is 2. The number of halogens is 2. The molecule has 2 N–H and O–H groups in total. The maximum absolute atomic E-state index is 13.0. The second kappa shape index (κ2) is 9.25. The Morgan fingerprint density at radius 3 is 2.56 bits per heavy atom. The van der Waals surface area contributed by atoms with Gasteiger partial charge in [-0.05, 0) is 42.8 Å². The highest BCUT2D eigenvalue weighted by Gasteiger charge is 2.04. The van der Waals surface area contributed by atoms with E-state index in [2.05, 4.69) is 10.9 Å². The molecule has 2 rings (SSSR count). The predicted molar refractivity (Wildman–Crippen MR) is 98.6 cm³/mol. The molecule has 130 valence electrons. The summed E-state index contributed by atoms with van der Waals surface area (Å²) in [7, 11) is 0. The summed E-state index contributed by atoms with van der Waals surface area (Å²) in [6.07, 6.45) is 2.69. The fraction of sp³-hybridized carbons (Fsp3) is 0.111. The third-order valence-electron chi connectivity index (χ3n) is 3.09. The normalized spacial score (nSPS) is 10.7. The number of rotatable bonds is 5. The molecule has 0 heterocycles. The zero-order valence-electron chi connectivity index (χ0n) is 13.4. The van der Waals surface area contributed by atoms with Gasteiger partial charge in [0.15, 0.2) is 0 Å². The Balaban J connectivity index is 1.75. The molecule has 0 spiro atoms. The van der Waals surface area contributed by atoms with Crippen molar-refractivity contribution in [1.29, 1.82) is 0 Å². The monoisotopic (exact) mass is 378 g/mol. The average Bonchev–Trinajstić information content (AvgIpc) is 2.60. The van der Waals surface area contributed by atoms with Crippen LogP contribution < -0.4 is 10.9 Å². The summed E-state index contributed by atoms with van der Waals surface area (Å²) in [5.74, 6) is -1.17. The van der Waals surface area contributed by atoms with E-state index in [0.29, 0.717) is 5.56 Å². The largest absolute Gasteiger partial charge is 0.272 e. The molecule has 2 aromatic carbocycles. The molecule has 7 heteroatoms. The van der Waals surface area contributed by atoms with Crippen LogP contribution in [0.3, 0.4) is 0 Å². The van der Waals surface area contributed by atoms with E-state index in [4.69, 9.17) is 11.6 Å². The van der Waals surface area contributed by atoms with Gasteiger partial charge >= 0.3 is 0 Å². The molecule has 25 heavy (non-hydrogen) atoms. The van der Waals surface area contributed by atoms with Crippen LogP contribution in [0, 0.1) is 12.7 Å². The zero-order chi connectivity index (χ0) is 18.2. The number of hydrogen-bond donors (Lipinski definition) is 2. The topological polar surface area (TPSA) is 58.2 Å². The molecule has 0 aliphatic heterocycles. The molecule has 0 aliphatic carbocycles. The number of carbonyl (C=O) groups excluding carboxylic acids is 2. The first-order valence-electron chi connectivity index (χ1n) is 7.35. The number of benzene rings is 2. The molecular formula is C18H16ClFN2O2S. The van der Waals surface area contributed by atoms with Crippen molar-refractivity contribution in [2.75, 3.05) is 5.75 Å². The van der Waals surface area contributed by atoms with Crippen molar-refractivity contribution < 1.29 is 14.0 Å². The number of amides is 2. The molecule has 0 bridgehead atoms. The van der Waals surface area contributed by atoms with Crippen molar-refractivity contribution in [2.45, 2.75) is 11.8 Å². The maximum atomic E-state index is 13.0. The lowest BCUT2D eigenvalue weighted by atomic mass is 10.2. The van der Waals surface area contributed by atoms with Crippen molar-refractivity contribution in [3.8, 4) is 0 Å². The Morgan fingerprint density at radius 1 is 1.16 bits per heavy atom. The minimum atomic E-state index is -0.526. The fourth-order valence-electron chi connectivity index (χ4n) is 1.78. The SMILES string of the molecule is Cc1ccc(SCC(=O)NNC(=O)/C=C/c2ccc(F)c(Cl)c2)cc1. The van der Waals surface area contributed by atoms with Crippen molar-refractivity contribution in [3.05, 3.63) is 70.5 Å². The Hall–Kier alpha value is -2.31. The lowest BCUT2D eigenvalue weighted by Crippen LogP contribution is -2.41. The first-order chi connectivity index (χ1) is 11.9. The molecule has 0 aromatic heterocycles. The second-order valence-electron chi connectivity index (χ2n) is 5.15. The summed E-state index contributed by atoms with van der Waals surface area (Å²) in [4.78, 5) is 24.3. The fourth-order valence-corrected chi connectivity index (χ4v) is 2.67. The van der Waals surface area contributed by atoms with Crippen LogP contribution in [0.1, 0.15) is 11.1 Å². The number of carbonyl (C=O) groups is 2. The van der Waals surface area contributed by atoms with E-state index >= 15 is 0 Å². The Bertz CT molecular complexity index is 794. The minimum absolute atomic E-state index is 0.0241. The van der Waals surface area contributed by atoms with Crippen molar-refractivity contribution in [3.63, 3.8) is 0 Å². The summed E-state index contributed by atoms with van der Waals surface area (Å²) >= 11 is 7.03. The van der Waals surface area contributed by atoms with Gasteiger partial charge < -0.3 is 0 Å². The number of hydrogen-bond acceptors (Lipinski definition) is 3. The Kier molecular flexibility index (Phi) is 7.03. The lowest BCUT2D eigenvalue weighted by Gasteiger charge is -2.05. The third kappa shape index (κ3) is 6.60. The molecule has 4 nitrogen and oxygen atoms in total. The van der Waals surface area contributed by atoms with Crippen LogP contribution in [0.25, 0.3) is 6.08 Å². The van der Waals surface area contributed by atoms with Crippen molar-refractivity contribution in [2.24, 2.45) is 0 Å². The van der Waals surface area contributed by atoms with Gasteiger partial charge in [0.05, 0.1) is 10.8 Å². The zero-order valence-corrected chi connectivity index (χ0v) is 15.0. The molecule has 0 fully saturated rings. The van der Waals surface area contributed by atoms with E-state index in [1.54, 1.807) is 0 Å². The lowest BCUT2D eigenvalue weighted by molar-refractivity contribution is -0.125. The first kappa shape index (κ1) is 19.0. The van der Waals surface area contributed by atoms with Crippen LogP contribution in [-0.2, 0) is 9.59 Å². The predicted octanol–water partition coefficient (Wildman–Crippen LogP) is 3.74. The van der Waals surface area contributed by atoms with E-state index in [0.717, 1.165) is 10.5 Å². The number of aryl methyl sites for hydroxylation is 1. The molecule has 0 aliphatic rings. The van der Waals surface area contributed by atoms with Gasteiger partial charge in [0, 0.05) is 11.0 Å². The van der Waals surface area contributed by atoms with Gasteiger partial charge in [-0.1, -0.05) is 35.4 Å². The van der Waals surface area contributed by atoms with Crippen LogP contribution in [0.5, 0.6) is 0 Å². The number of thioether (sulfide) groups is 1. The maximum Gasteiger partial charge on any atom is 0.262 e. The van der Waals surface area contributed by atoms with Crippen LogP contribution in [-0.4, -0.2) is 17.6 Å². The smallest absolute Gasteiger partial charge is 0.262 e.